The molecule has 0 saturated heterocycles. The topological polar surface area (TPSA) is 228 Å². The predicted molar refractivity (Wildman–Crippen MR) is 207 cm³/mol. The van der Waals surface area contributed by atoms with Crippen molar-refractivity contribution in [2.45, 2.75) is 69.4 Å². The summed E-state index contributed by atoms with van der Waals surface area (Å²) in [7, 11) is 3.01. The zero-order chi connectivity index (χ0) is 42.2. The third-order valence-electron chi connectivity index (χ3n) is 12.0. The molecule has 6 atom stereocenters. The number of phenolic OH excluding ortho intramolecular Hbond substituents is 1. The fourth-order valence-corrected chi connectivity index (χ4v) is 10.1. The summed E-state index contributed by atoms with van der Waals surface area (Å²) in [5, 5.41) is 55.5. The highest BCUT2D eigenvalue weighted by Gasteiger charge is 2.66. The van der Waals surface area contributed by atoms with Gasteiger partial charge in [-0.2, -0.15) is 0 Å². The number of likely N-dealkylation sites (N-methyl/N-ethyl adjacent to an activating group) is 1. The first-order chi connectivity index (χ1) is 27.3. The van der Waals surface area contributed by atoms with Gasteiger partial charge in [0.2, 0.25) is 5.78 Å². The van der Waals surface area contributed by atoms with Crippen LogP contribution in [-0.4, -0.2) is 96.8 Å². The Balaban J connectivity index is 0.000000180. The number of halogens is 1. The van der Waals surface area contributed by atoms with Crippen molar-refractivity contribution < 1.29 is 58.6 Å². The average Bonchev–Trinajstić information content (AvgIpc) is 3.93. The van der Waals surface area contributed by atoms with E-state index in [0.29, 0.717) is 23.7 Å². The summed E-state index contributed by atoms with van der Waals surface area (Å²) in [5.41, 5.74) is 0.971. The number of rotatable bonds is 7. The van der Waals surface area contributed by atoms with Crippen LogP contribution in [0.5, 0.6) is 10.8 Å². The van der Waals surface area contributed by atoms with Crippen LogP contribution in [0.1, 0.15) is 66.3 Å². The predicted octanol–water partition coefficient (Wildman–Crippen LogP) is 3.52. The molecule has 1 aliphatic heterocycles. The average molecular weight is 818 g/mol. The van der Waals surface area contributed by atoms with Crippen LogP contribution in [0, 0.1) is 23.6 Å². The first-order valence-electron chi connectivity index (χ1n) is 18.8. The SMILES string of the molecule is CC(=O)Oc1cc2c(s1)CCN(C(C(=O)C1CC1)c1ccccc1F)C2.CN(C)[C@@H]1C(=O)C(C(N)=O)=C(O)[C@@]2(O)C(=O)C3=C(O)c4c(O)cccc4[C@@](C)(O)[C@H]3C[C@@H]12. The van der Waals surface area contributed by atoms with Crippen LogP contribution in [0.15, 0.2) is 65.4 Å². The van der Waals surface area contributed by atoms with E-state index in [0.717, 1.165) is 24.8 Å². The van der Waals surface area contributed by atoms with E-state index in [-0.39, 0.29) is 41.0 Å². The summed E-state index contributed by atoms with van der Waals surface area (Å²) in [6, 6.07) is 10.9. The molecule has 0 bridgehead atoms. The van der Waals surface area contributed by atoms with E-state index in [9.17, 15) is 53.9 Å². The van der Waals surface area contributed by atoms with E-state index in [2.05, 4.69) is 4.90 Å². The Morgan fingerprint density at radius 1 is 1.05 bits per heavy atom. The van der Waals surface area contributed by atoms with Crippen molar-refractivity contribution in [2.75, 3.05) is 20.6 Å². The Morgan fingerprint density at radius 2 is 1.74 bits per heavy atom. The first-order valence-corrected chi connectivity index (χ1v) is 19.6. The lowest BCUT2D eigenvalue weighted by Gasteiger charge is -2.53. The number of benzene rings is 2. The highest BCUT2D eigenvalue weighted by Crippen LogP contribution is 2.57. The van der Waals surface area contributed by atoms with Gasteiger partial charge in [0.05, 0.1) is 23.2 Å². The number of aromatic hydroxyl groups is 1. The molecular formula is C42H44FN3O11S. The number of carbonyl (C=O) groups excluding carboxylic acids is 5. The van der Waals surface area contributed by atoms with Gasteiger partial charge in [0.25, 0.3) is 5.91 Å². The van der Waals surface area contributed by atoms with Gasteiger partial charge in [0.15, 0.2) is 22.2 Å². The van der Waals surface area contributed by atoms with Gasteiger partial charge in [0, 0.05) is 53.8 Å². The second kappa shape index (κ2) is 14.8. The van der Waals surface area contributed by atoms with E-state index in [4.69, 9.17) is 10.5 Å². The zero-order valence-electron chi connectivity index (χ0n) is 32.2. The summed E-state index contributed by atoms with van der Waals surface area (Å²) in [6.45, 7) is 4.03. The normalized spacial score (nSPS) is 27.1. The number of nitrogens with zero attached hydrogens (tertiary/aromatic N) is 2. The quantitative estimate of drug-likeness (QED) is 0.148. The summed E-state index contributed by atoms with van der Waals surface area (Å²) in [5.74, 6) is -8.39. The number of esters is 1. The molecule has 2 fully saturated rings. The summed E-state index contributed by atoms with van der Waals surface area (Å²) < 4.78 is 19.6. The number of thiophene rings is 1. The Kier molecular flexibility index (Phi) is 10.5. The maximum absolute atomic E-state index is 14.4. The number of phenols is 1. The molecule has 1 amide bonds. The maximum atomic E-state index is 14.4. The van der Waals surface area contributed by atoms with Crippen LogP contribution >= 0.6 is 11.3 Å². The van der Waals surface area contributed by atoms with E-state index >= 15 is 0 Å². The number of hydrogen-bond acceptors (Lipinski definition) is 14. The number of Topliss-reactive ketones (excluding diaryl/α,β-unsaturated/α-hetero) is 3. The van der Waals surface area contributed by atoms with E-state index < -0.39 is 81.0 Å². The largest absolute Gasteiger partial charge is 0.508 e. The number of amides is 1. The number of fused-ring (bicyclic) bond motifs is 4. The van der Waals surface area contributed by atoms with Crippen molar-refractivity contribution in [3.63, 3.8) is 0 Å². The minimum Gasteiger partial charge on any atom is -0.508 e. The lowest BCUT2D eigenvalue weighted by atomic mass is 9.54. The van der Waals surface area contributed by atoms with Crippen LogP contribution in [0.2, 0.25) is 0 Å². The summed E-state index contributed by atoms with van der Waals surface area (Å²) in [4.78, 5) is 67.3. The molecule has 1 aromatic heterocycles. The number of aliphatic hydroxyl groups is 4. The third-order valence-corrected chi connectivity index (χ3v) is 13.1. The van der Waals surface area contributed by atoms with Gasteiger partial charge in [-0.05, 0) is 76.0 Å². The van der Waals surface area contributed by atoms with Crippen LogP contribution in [0.4, 0.5) is 4.39 Å². The standard InChI is InChI=1S/C22H24N2O8.C20H20FNO3S/c1-21(31)8-5-4-6-11(25)12(8)16(26)13-9(21)7-10-15(24(2)3)17(27)14(20(23)30)19(29)22(10,32)18(13)28;1-12(23)25-18-10-14-11-22(9-8-17(14)26-18)19(20(24)13-6-7-13)15-4-2-3-5-16(15)21/h4-6,9-10,15,25-26,29,31-32H,7H2,1-3H3,(H2,23,30);2-5,10,13,19H,6-9,11H2,1H3/t9-,10-,15-,21+,22-;/m0./s1. The second-order valence-corrected chi connectivity index (χ2v) is 17.0. The second-order valence-electron chi connectivity index (χ2n) is 15.9. The molecule has 5 aliphatic rings. The van der Waals surface area contributed by atoms with Crippen molar-refractivity contribution in [3.05, 3.63) is 98.4 Å². The van der Waals surface area contributed by atoms with Crippen LogP contribution in [0.3, 0.4) is 0 Å². The Morgan fingerprint density at radius 3 is 2.36 bits per heavy atom. The molecule has 8 rings (SSSR count). The summed E-state index contributed by atoms with van der Waals surface area (Å²) in [6.07, 6.45) is 2.37. The van der Waals surface area contributed by atoms with Gasteiger partial charge in [-0.15, -0.1) is 11.3 Å². The van der Waals surface area contributed by atoms with Crippen molar-refractivity contribution in [3.8, 4) is 10.8 Å². The smallest absolute Gasteiger partial charge is 0.308 e. The van der Waals surface area contributed by atoms with Crippen molar-refractivity contribution in [2.24, 2.45) is 23.5 Å². The highest BCUT2D eigenvalue weighted by molar-refractivity contribution is 7.14. The van der Waals surface area contributed by atoms with E-state index in [1.165, 1.54) is 73.3 Å². The zero-order valence-corrected chi connectivity index (χ0v) is 33.0. The Bertz CT molecular complexity index is 2330. The van der Waals surface area contributed by atoms with Gasteiger partial charge in [-0.1, -0.05) is 30.3 Å². The van der Waals surface area contributed by atoms with E-state index in [1.807, 2.05) is 6.07 Å². The molecule has 14 nitrogen and oxygen atoms in total. The number of aliphatic hydroxyl groups excluding tert-OH is 2. The molecule has 16 heteroatoms. The highest BCUT2D eigenvalue weighted by atomic mass is 32.1. The monoisotopic (exact) mass is 817 g/mol. The number of nitrogens with two attached hydrogens (primary N) is 1. The molecule has 306 valence electrons. The van der Waals surface area contributed by atoms with Crippen LogP contribution in [-0.2, 0) is 42.5 Å². The molecule has 1 unspecified atom stereocenters. The molecule has 58 heavy (non-hydrogen) atoms. The molecule has 4 aliphatic carbocycles. The van der Waals surface area contributed by atoms with Gasteiger partial charge < -0.3 is 36.0 Å². The van der Waals surface area contributed by atoms with E-state index in [1.54, 1.807) is 18.2 Å². The van der Waals surface area contributed by atoms with Gasteiger partial charge in [0.1, 0.15) is 28.7 Å². The molecule has 2 heterocycles. The van der Waals surface area contributed by atoms with Gasteiger partial charge in [-0.25, -0.2) is 4.39 Å². The van der Waals surface area contributed by atoms with Crippen molar-refractivity contribution >= 4 is 46.3 Å². The first kappa shape index (κ1) is 40.9. The number of hydrogen-bond donors (Lipinski definition) is 6. The fourth-order valence-electron chi connectivity index (χ4n) is 9.06. The third kappa shape index (κ3) is 6.62. The van der Waals surface area contributed by atoms with Gasteiger partial charge >= 0.3 is 5.97 Å². The molecule has 7 N–H and O–H groups in total. The molecule has 0 radical (unpaired) electrons. The number of carbonyl (C=O) groups is 5. The molecule has 2 aromatic carbocycles. The molecular weight excluding hydrogens is 774 g/mol. The van der Waals surface area contributed by atoms with Crippen LogP contribution < -0.4 is 10.5 Å². The molecule has 3 aromatic rings. The van der Waals surface area contributed by atoms with Gasteiger partial charge in [-0.3, -0.25) is 33.8 Å². The van der Waals surface area contributed by atoms with Crippen molar-refractivity contribution in [1.82, 2.24) is 9.80 Å². The number of ketones is 3. The fraction of sp³-hybridized carbons (Fsp3) is 0.405. The Hall–Kier alpha value is -5.26. The number of ether oxygens (including phenoxy) is 1. The Labute approximate surface area is 336 Å². The molecule has 2 saturated carbocycles. The minimum absolute atomic E-state index is 0.0556. The summed E-state index contributed by atoms with van der Waals surface area (Å²) >= 11 is 1.47. The maximum Gasteiger partial charge on any atom is 0.308 e. The molecule has 0 spiro atoms. The lowest BCUT2D eigenvalue weighted by molar-refractivity contribution is -0.159. The van der Waals surface area contributed by atoms with Crippen molar-refractivity contribution in [1.29, 1.82) is 0 Å². The van der Waals surface area contributed by atoms with Crippen LogP contribution in [0.25, 0.3) is 5.76 Å². The minimum atomic E-state index is -2.75. The lowest BCUT2D eigenvalue weighted by Crippen LogP contribution is -2.67. The number of primary amides is 1.